The van der Waals surface area contributed by atoms with E-state index in [1.165, 1.54) is 23.5 Å². The number of carbonyl (C=O) groups is 1. The number of aromatic nitrogens is 1. The van der Waals surface area contributed by atoms with Crippen LogP contribution in [0.1, 0.15) is 23.7 Å². The van der Waals surface area contributed by atoms with E-state index in [-0.39, 0.29) is 16.6 Å². The number of amides is 1. The molecule has 0 aliphatic carbocycles. The minimum Gasteiger partial charge on any atom is -0.379 e. The highest BCUT2D eigenvalue weighted by Gasteiger charge is 2.23. The Morgan fingerprint density at radius 1 is 1.16 bits per heavy atom. The van der Waals surface area contributed by atoms with E-state index < -0.39 is 9.84 Å². The van der Waals surface area contributed by atoms with Crippen LogP contribution in [0, 0.1) is 0 Å². The van der Waals surface area contributed by atoms with Crippen molar-refractivity contribution in [1.82, 2.24) is 9.88 Å². The van der Waals surface area contributed by atoms with Crippen molar-refractivity contribution in [3.63, 3.8) is 0 Å². The molecule has 0 N–H and O–H groups in total. The summed E-state index contributed by atoms with van der Waals surface area (Å²) in [5.41, 5.74) is 1.20. The third-order valence-electron chi connectivity index (χ3n) is 5.54. The van der Waals surface area contributed by atoms with E-state index in [9.17, 15) is 13.2 Å². The molecule has 2 heterocycles. The molecule has 2 aromatic carbocycles. The maximum absolute atomic E-state index is 13.5. The van der Waals surface area contributed by atoms with Gasteiger partial charge in [0.05, 0.1) is 34.1 Å². The predicted molar refractivity (Wildman–Crippen MR) is 127 cm³/mol. The average Bonchev–Trinajstić information content (AvgIpc) is 3.26. The molecule has 0 atom stereocenters. The van der Waals surface area contributed by atoms with Crippen LogP contribution in [0.25, 0.3) is 10.2 Å². The Balaban J connectivity index is 1.60. The molecule has 3 aromatic rings. The van der Waals surface area contributed by atoms with Crippen LogP contribution in [0.4, 0.5) is 5.13 Å². The van der Waals surface area contributed by atoms with Gasteiger partial charge in [0.1, 0.15) is 0 Å². The van der Waals surface area contributed by atoms with E-state index in [0.717, 1.165) is 49.5 Å². The fourth-order valence-electron chi connectivity index (χ4n) is 3.68. The van der Waals surface area contributed by atoms with Crippen LogP contribution in [0.3, 0.4) is 0 Å². The van der Waals surface area contributed by atoms with Gasteiger partial charge < -0.3 is 4.74 Å². The number of thiazole rings is 1. The number of carbonyl (C=O) groups excluding carboxylic acids is 1. The highest BCUT2D eigenvalue weighted by Crippen LogP contribution is 2.30. The first-order valence-electron chi connectivity index (χ1n) is 10.8. The predicted octanol–water partition coefficient (Wildman–Crippen LogP) is 3.46. The molecule has 0 bridgehead atoms. The number of hydrogen-bond donors (Lipinski definition) is 0. The van der Waals surface area contributed by atoms with Gasteiger partial charge in [-0.25, -0.2) is 13.4 Å². The highest BCUT2D eigenvalue weighted by atomic mass is 32.2. The van der Waals surface area contributed by atoms with Gasteiger partial charge in [0, 0.05) is 31.7 Å². The number of anilines is 1. The molecule has 170 valence electrons. The van der Waals surface area contributed by atoms with Crippen molar-refractivity contribution in [2.75, 3.05) is 50.0 Å². The normalized spacial score (nSPS) is 15.2. The lowest BCUT2D eigenvalue weighted by Crippen LogP contribution is -2.39. The second-order valence-electron chi connectivity index (χ2n) is 7.66. The van der Waals surface area contributed by atoms with Gasteiger partial charge in [0.2, 0.25) is 0 Å². The Labute approximate surface area is 192 Å². The zero-order valence-electron chi connectivity index (χ0n) is 18.1. The Hall–Kier alpha value is -2.33. The summed E-state index contributed by atoms with van der Waals surface area (Å²) in [5, 5.41) is 0.627. The van der Waals surface area contributed by atoms with Crippen LogP contribution in [0.2, 0.25) is 0 Å². The van der Waals surface area contributed by atoms with Gasteiger partial charge in [-0.05, 0) is 36.8 Å². The Morgan fingerprint density at radius 3 is 2.69 bits per heavy atom. The molecule has 7 nitrogen and oxygen atoms in total. The second-order valence-corrected chi connectivity index (χ2v) is 10.9. The molecule has 32 heavy (non-hydrogen) atoms. The first-order chi connectivity index (χ1) is 15.5. The first-order valence-corrected chi connectivity index (χ1v) is 13.2. The summed E-state index contributed by atoms with van der Waals surface area (Å²) in [6.45, 7) is 6.22. The highest BCUT2D eigenvalue weighted by molar-refractivity contribution is 7.91. The van der Waals surface area contributed by atoms with Crippen LogP contribution in [0.15, 0.2) is 53.4 Å². The third kappa shape index (κ3) is 5.17. The topological polar surface area (TPSA) is 79.8 Å². The van der Waals surface area contributed by atoms with Crippen LogP contribution >= 0.6 is 11.3 Å². The summed E-state index contributed by atoms with van der Waals surface area (Å²) in [6, 6.07) is 14.1. The molecule has 0 saturated carbocycles. The van der Waals surface area contributed by atoms with Gasteiger partial charge in [-0.1, -0.05) is 36.5 Å². The van der Waals surface area contributed by atoms with Crippen LogP contribution in [-0.4, -0.2) is 69.4 Å². The molecule has 1 amide bonds. The minimum atomic E-state index is -3.40. The van der Waals surface area contributed by atoms with Crippen molar-refractivity contribution >= 4 is 42.4 Å². The quantitative estimate of drug-likeness (QED) is 0.499. The fraction of sp³-hybridized carbons (Fsp3) is 0.391. The molecule has 0 radical (unpaired) electrons. The number of para-hydroxylation sites is 1. The molecule has 1 aromatic heterocycles. The number of benzene rings is 2. The van der Waals surface area contributed by atoms with E-state index in [4.69, 9.17) is 4.74 Å². The summed E-state index contributed by atoms with van der Waals surface area (Å²) in [7, 11) is -3.40. The van der Waals surface area contributed by atoms with Gasteiger partial charge in [0.15, 0.2) is 15.0 Å². The lowest BCUT2D eigenvalue weighted by molar-refractivity contribution is 0.0376. The number of fused-ring (bicyclic) bond motifs is 1. The van der Waals surface area contributed by atoms with E-state index in [1.807, 2.05) is 24.3 Å². The monoisotopic (exact) mass is 473 g/mol. The lowest BCUT2D eigenvalue weighted by Gasteiger charge is -2.27. The van der Waals surface area contributed by atoms with Crippen LogP contribution in [0.5, 0.6) is 0 Å². The van der Waals surface area contributed by atoms with Crippen LogP contribution < -0.4 is 4.90 Å². The number of hydrogen-bond acceptors (Lipinski definition) is 7. The third-order valence-corrected chi connectivity index (χ3v) is 8.33. The summed E-state index contributed by atoms with van der Waals surface area (Å²) in [5.74, 6) is -0.245. The van der Waals surface area contributed by atoms with E-state index in [0.29, 0.717) is 17.2 Å². The minimum absolute atomic E-state index is 0.00816. The zero-order valence-corrected chi connectivity index (χ0v) is 19.7. The van der Waals surface area contributed by atoms with Crippen LogP contribution in [-0.2, 0) is 14.6 Å². The summed E-state index contributed by atoms with van der Waals surface area (Å²) < 4.78 is 31.1. The summed E-state index contributed by atoms with van der Waals surface area (Å²) >= 11 is 1.47. The standard InChI is InChI=1S/C23H27N3O4S2/c1-2-32(28,29)19-8-5-7-18(17-19)22(27)26(12-6-11-25-13-15-30-16-14-25)23-24-20-9-3-4-10-21(20)31-23/h3-5,7-10,17H,2,6,11-16H2,1H3. The first kappa shape index (κ1) is 22.8. The fourth-order valence-corrected chi connectivity index (χ4v) is 5.60. The van der Waals surface area contributed by atoms with E-state index in [1.54, 1.807) is 24.0 Å². The molecule has 1 saturated heterocycles. The largest absolute Gasteiger partial charge is 0.379 e. The molecule has 1 aliphatic rings. The number of sulfone groups is 1. The molecule has 9 heteroatoms. The number of rotatable bonds is 8. The SMILES string of the molecule is CCS(=O)(=O)c1cccc(C(=O)N(CCCN2CCOCC2)c2nc3ccccc3s2)c1. The molecule has 1 fully saturated rings. The van der Waals surface area contributed by atoms with Crippen molar-refractivity contribution in [2.24, 2.45) is 0 Å². The molecule has 1 aliphatic heterocycles. The summed E-state index contributed by atoms with van der Waals surface area (Å²) in [6.07, 6.45) is 0.786. The summed E-state index contributed by atoms with van der Waals surface area (Å²) in [4.78, 5) is 22.4. The van der Waals surface area contributed by atoms with Gasteiger partial charge in [-0.2, -0.15) is 0 Å². The molecular formula is C23H27N3O4S2. The van der Waals surface area contributed by atoms with Crippen molar-refractivity contribution in [3.8, 4) is 0 Å². The number of ether oxygens (including phenoxy) is 1. The molecular weight excluding hydrogens is 446 g/mol. The smallest absolute Gasteiger partial charge is 0.260 e. The zero-order chi connectivity index (χ0) is 22.6. The van der Waals surface area contributed by atoms with Gasteiger partial charge >= 0.3 is 0 Å². The molecule has 4 rings (SSSR count). The average molecular weight is 474 g/mol. The van der Waals surface area contributed by atoms with E-state index in [2.05, 4.69) is 9.88 Å². The second kappa shape index (κ2) is 10.1. The lowest BCUT2D eigenvalue weighted by atomic mass is 10.2. The maximum atomic E-state index is 13.5. The van der Waals surface area contributed by atoms with E-state index >= 15 is 0 Å². The van der Waals surface area contributed by atoms with Gasteiger partial charge in [-0.15, -0.1) is 0 Å². The Kier molecular flexibility index (Phi) is 7.20. The molecule has 0 unspecified atom stereocenters. The maximum Gasteiger partial charge on any atom is 0.260 e. The molecule has 0 spiro atoms. The van der Waals surface area contributed by atoms with Crippen molar-refractivity contribution in [2.45, 2.75) is 18.2 Å². The Bertz CT molecular complexity index is 1150. The number of nitrogens with zero attached hydrogens (tertiary/aromatic N) is 3. The van der Waals surface area contributed by atoms with Crippen molar-refractivity contribution in [3.05, 3.63) is 54.1 Å². The number of morpholine rings is 1. The van der Waals surface area contributed by atoms with Gasteiger partial charge in [0.25, 0.3) is 5.91 Å². The van der Waals surface area contributed by atoms with Gasteiger partial charge in [-0.3, -0.25) is 14.6 Å². The Morgan fingerprint density at radius 2 is 1.94 bits per heavy atom. The van der Waals surface area contributed by atoms with Crippen molar-refractivity contribution in [1.29, 1.82) is 0 Å². The van der Waals surface area contributed by atoms with Crippen molar-refractivity contribution < 1.29 is 17.9 Å².